The fourth-order valence-corrected chi connectivity index (χ4v) is 4.25. The third-order valence-electron chi connectivity index (χ3n) is 5.93. The van der Waals surface area contributed by atoms with Crippen molar-refractivity contribution in [1.82, 2.24) is 20.3 Å². The first-order valence-electron chi connectivity index (χ1n) is 9.21. The topological polar surface area (TPSA) is 68.7 Å². The lowest BCUT2D eigenvalue weighted by Crippen LogP contribution is -2.39. The average Bonchev–Trinajstić information content (AvgIpc) is 3.01. The number of carbonyl (C=O) groups is 1. The predicted molar refractivity (Wildman–Crippen MR) is 96.5 cm³/mol. The van der Waals surface area contributed by atoms with Crippen molar-refractivity contribution in [3.8, 4) is 0 Å². The van der Waals surface area contributed by atoms with Crippen LogP contribution in [0.2, 0.25) is 0 Å². The van der Waals surface area contributed by atoms with E-state index in [1.807, 2.05) is 6.07 Å². The van der Waals surface area contributed by atoms with Gasteiger partial charge < -0.3 is 4.90 Å². The van der Waals surface area contributed by atoms with Crippen molar-refractivity contribution in [2.24, 2.45) is 5.41 Å². The van der Waals surface area contributed by atoms with Crippen LogP contribution >= 0.6 is 0 Å². The molecule has 0 aromatic carbocycles. The molecule has 138 valence electrons. The molecule has 0 radical (unpaired) electrons. The van der Waals surface area contributed by atoms with Crippen molar-refractivity contribution in [1.29, 1.82) is 0 Å². The predicted octanol–water partition coefficient (Wildman–Crippen LogP) is 2.07. The fourth-order valence-electron chi connectivity index (χ4n) is 4.25. The van der Waals surface area contributed by atoms with Gasteiger partial charge in [-0.25, -0.2) is 5.48 Å². The van der Waals surface area contributed by atoms with Gasteiger partial charge in [-0.3, -0.25) is 19.9 Å². The van der Waals surface area contributed by atoms with E-state index < -0.39 is 5.91 Å². The summed E-state index contributed by atoms with van der Waals surface area (Å²) in [6.07, 6.45) is 7.58. The van der Waals surface area contributed by atoms with Crippen LogP contribution in [0, 0.1) is 5.41 Å². The summed E-state index contributed by atoms with van der Waals surface area (Å²) >= 11 is 0. The molecule has 2 atom stereocenters. The van der Waals surface area contributed by atoms with Gasteiger partial charge in [-0.05, 0) is 69.8 Å². The molecule has 0 saturated heterocycles. The summed E-state index contributed by atoms with van der Waals surface area (Å²) in [5.41, 5.74) is 4.75. The normalized spacial score (nSPS) is 26.7. The van der Waals surface area contributed by atoms with E-state index in [4.69, 9.17) is 5.21 Å². The molecule has 1 aliphatic carbocycles. The average molecular weight is 346 g/mol. The van der Waals surface area contributed by atoms with Gasteiger partial charge in [0.1, 0.15) is 0 Å². The highest BCUT2D eigenvalue weighted by molar-refractivity contribution is 5.93. The molecule has 1 aromatic rings. The van der Waals surface area contributed by atoms with E-state index >= 15 is 0 Å². The van der Waals surface area contributed by atoms with Crippen LogP contribution in [0.15, 0.2) is 12.3 Å². The van der Waals surface area contributed by atoms with Crippen LogP contribution in [0.25, 0.3) is 0 Å². The Morgan fingerprint density at radius 1 is 1.52 bits per heavy atom. The molecule has 6 heteroatoms. The zero-order valence-electron chi connectivity index (χ0n) is 15.6. The van der Waals surface area contributed by atoms with Crippen molar-refractivity contribution < 1.29 is 10.0 Å². The Labute approximate surface area is 150 Å². The number of carbonyl (C=O) groups excluding carboxylic acids is 1. The highest BCUT2D eigenvalue weighted by atomic mass is 16.5. The van der Waals surface area contributed by atoms with Gasteiger partial charge in [0, 0.05) is 25.3 Å². The lowest BCUT2D eigenvalue weighted by molar-refractivity contribution is 0.0705. The maximum atomic E-state index is 11.5. The van der Waals surface area contributed by atoms with Crippen LogP contribution in [-0.2, 0) is 13.0 Å². The minimum Gasteiger partial charge on any atom is -0.309 e. The van der Waals surface area contributed by atoms with E-state index in [2.05, 4.69) is 35.8 Å². The number of nitrogens with zero attached hydrogens (tertiary/aromatic N) is 3. The van der Waals surface area contributed by atoms with Crippen molar-refractivity contribution in [3.63, 3.8) is 0 Å². The summed E-state index contributed by atoms with van der Waals surface area (Å²) in [5.74, 6) is -0.495. The van der Waals surface area contributed by atoms with Gasteiger partial charge in [-0.1, -0.05) is 6.92 Å². The van der Waals surface area contributed by atoms with Gasteiger partial charge in [0.25, 0.3) is 5.91 Å². The number of aromatic nitrogens is 1. The second-order valence-electron chi connectivity index (χ2n) is 8.25. The SMILES string of the molecule is CN(C)CC[C@@]1(C)CC[C@@H](N2CCc3cc(C(=O)NO)cnc3C2)C1. The van der Waals surface area contributed by atoms with Crippen LogP contribution in [-0.4, -0.2) is 59.1 Å². The van der Waals surface area contributed by atoms with E-state index in [-0.39, 0.29) is 0 Å². The highest BCUT2D eigenvalue weighted by Gasteiger charge is 2.38. The van der Waals surface area contributed by atoms with Crippen LogP contribution < -0.4 is 5.48 Å². The third-order valence-corrected chi connectivity index (χ3v) is 5.93. The standard InChI is InChI=1S/C19H30N4O2/c1-19(7-9-22(2)3)6-4-16(11-19)23-8-5-14-10-15(18(24)21-25)12-20-17(14)13-23/h10,12,16,25H,4-9,11,13H2,1-3H3,(H,21,24)/t16-,19-/m1/s1. The molecule has 1 fully saturated rings. The minimum atomic E-state index is -0.495. The first-order valence-corrected chi connectivity index (χ1v) is 9.21. The van der Waals surface area contributed by atoms with Gasteiger partial charge in [-0.2, -0.15) is 0 Å². The Balaban J connectivity index is 1.63. The molecule has 1 saturated carbocycles. The van der Waals surface area contributed by atoms with E-state index in [0.717, 1.165) is 37.3 Å². The van der Waals surface area contributed by atoms with E-state index in [9.17, 15) is 4.79 Å². The third kappa shape index (κ3) is 4.19. The first-order chi connectivity index (χ1) is 11.9. The second-order valence-corrected chi connectivity index (χ2v) is 8.25. The van der Waals surface area contributed by atoms with E-state index in [1.54, 1.807) is 11.7 Å². The lowest BCUT2D eigenvalue weighted by Gasteiger charge is -2.34. The van der Waals surface area contributed by atoms with Crippen molar-refractivity contribution in [3.05, 3.63) is 29.1 Å². The number of amides is 1. The molecule has 1 aliphatic heterocycles. The second kappa shape index (κ2) is 7.40. The van der Waals surface area contributed by atoms with Gasteiger partial charge in [0.2, 0.25) is 0 Å². The Kier molecular flexibility index (Phi) is 5.41. The van der Waals surface area contributed by atoms with Gasteiger partial charge >= 0.3 is 0 Å². The van der Waals surface area contributed by atoms with Crippen molar-refractivity contribution in [2.45, 2.75) is 51.6 Å². The first kappa shape index (κ1) is 18.3. The minimum absolute atomic E-state index is 0.423. The van der Waals surface area contributed by atoms with Crippen LogP contribution in [0.5, 0.6) is 0 Å². The molecule has 25 heavy (non-hydrogen) atoms. The molecule has 2 aliphatic rings. The summed E-state index contributed by atoms with van der Waals surface area (Å²) in [6, 6.07) is 2.50. The molecule has 0 spiro atoms. The summed E-state index contributed by atoms with van der Waals surface area (Å²) in [7, 11) is 4.29. The Hall–Kier alpha value is -1.50. The van der Waals surface area contributed by atoms with Crippen LogP contribution in [0.1, 0.15) is 54.2 Å². The summed E-state index contributed by atoms with van der Waals surface area (Å²) in [4.78, 5) is 20.9. The van der Waals surface area contributed by atoms with Crippen molar-refractivity contribution >= 4 is 5.91 Å². The molecule has 6 nitrogen and oxygen atoms in total. The number of fused-ring (bicyclic) bond motifs is 1. The molecule has 1 amide bonds. The number of pyridine rings is 1. The number of nitrogens with one attached hydrogen (secondary N) is 1. The number of hydroxylamine groups is 1. The number of hydrogen-bond donors (Lipinski definition) is 2. The molecule has 0 unspecified atom stereocenters. The largest absolute Gasteiger partial charge is 0.309 e. The fraction of sp³-hybridized carbons (Fsp3) is 0.684. The quantitative estimate of drug-likeness (QED) is 0.631. The number of hydrogen-bond acceptors (Lipinski definition) is 5. The van der Waals surface area contributed by atoms with E-state index in [1.165, 1.54) is 25.7 Å². The van der Waals surface area contributed by atoms with Gasteiger partial charge in [0.05, 0.1) is 11.3 Å². The van der Waals surface area contributed by atoms with Gasteiger partial charge in [-0.15, -0.1) is 0 Å². The van der Waals surface area contributed by atoms with Gasteiger partial charge in [0.15, 0.2) is 0 Å². The maximum Gasteiger partial charge on any atom is 0.276 e. The Morgan fingerprint density at radius 3 is 3.04 bits per heavy atom. The molecule has 0 bridgehead atoms. The van der Waals surface area contributed by atoms with Crippen molar-refractivity contribution in [2.75, 3.05) is 27.2 Å². The molecule has 1 aromatic heterocycles. The smallest absolute Gasteiger partial charge is 0.276 e. The Bertz CT molecular complexity index is 634. The maximum absolute atomic E-state index is 11.5. The molecular weight excluding hydrogens is 316 g/mol. The summed E-state index contributed by atoms with van der Waals surface area (Å²) < 4.78 is 0. The zero-order chi connectivity index (χ0) is 18.0. The summed E-state index contributed by atoms with van der Waals surface area (Å²) in [6.45, 7) is 5.48. The lowest BCUT2D eigenvalue weighted by atomic mass is 9.84. The highest BCUT2D eigenvalue weighted by Crippen LogP contribution is 2.43. The molecule has 2 N–H and O–H groups in total. The molecule has 3 rings (SSSR count). The van der Waals surface area contributed by atoms with E-state index in [0.29, 0.717) is 17.0 Å². The van der Waals surface area contributed by atoms with Crippen LogP contribution in [0.3, 0.4) is 0 Å². The molecular formula is C19H30N4O2. The Morgan fingerprint density at radius 2 is 2.32 bits per heavy atom. The number of rotatable bonds is 5. The zero-order valence-corrected chi connectivity index (χ0v) is 15.6. The molecule has 2 heterocycles. The monoisotopic (exact) mass is 346 g/mol. The summed E-state index contributed by atoms with van der Waals surface area (Å²) in [5, 5.41) is 8.77. The van der Waals surface area contributed by atoms with Crippen LogP contribution in [0.4, 0.5) is 0 Å².